The molecular weight excluding hydrogens is 268 g/mol. The number of carbonyl (C=O) groups excluding carboxylic acids is 3. The van der Waals surface area contributed by atoms with Crippen LogP contribution in [0.25, 0.3) is 0 Å². The fraction of sp³-hybridized carbons (Fsp3) is 0.0625. The first-order chi connectivity index (χ1) is 10.1. The Morgan fingerprint density at radius 2 is 1.48 bits per heavy atom. The van der Waals surface area contributed by atoms with E-state index in [2.05, 4.69) is 5.32 Å². The van der Waals surface area contributed by atoms with Crippen LogP contribution < -0.4 is 11.1 Å². The van der Waals surface area contributed by atoms with Crippen LogP contribution in [-0.4, -0.2) is 24.0 Å². The highest BCUT2D eigenvalue weighted by molar-refractivity contribution is 6.28. The van der Waals surface area contributed by atoms with Gasteiger partial charge in [-0.2, -0.15) is 0 Å². The normalized spacial score (nSPS) is 12.6. The standard InChI is InChI=1S/C16H12N2O3/c17-8-14(19)18-9-5-6-12-13(7-9)16(21)11-4-2-1-3-10(11)15(12)20/h1-7H,8,17H2,(H,18,19). The van der Waals surface area contributed by atoms with Crippen LogP contribution in [0.15, 0.2) is 42.5 Å². The average Bonchev–Trinajstić information content (AvgIpc) is 2.52. The minimum absolute atomic E-state index is 0.146. The predicted molar refractivity (Wildman–Crippen MR) is 77.4 cm³/mol. The molecule has 1 amide bonds. The third-order valence-electron chi connectivity index (χ3n) is 3.39. The van der Waals surface area contributed by atoms with Crippen molar-refractivity contribution in [1.29, 1.82) is 0 Å². The first-order valence-electron chi connectivity index (χ1n) is 6.44. The predicted octanol–water partition coefficient (Wildman–Crippen LogP) is 1.36. The van der Waals surface area contributed by atoms with Crippen molar-refractivity contribution in [2.75, 3.05) is 11.9 Å². The van der Waals surface area contributed by atoms with Crippen LogP contribution >= 0.6 is 0 Å². The summed E-state index contributed by atoms with van der Waals surface area (Å²) < 4.78 is 0. The van der Waals surface area contributed by atoms with Crippen LogP contribution in [0.5, 0.6) is 0 Å². The second-order valence-corrected chi connectivity index (χ2v) is 4.72. The number of ketones is 2. The first kappa shape index (κ1) is 13.2. The lowest BCUT2D eigenvalue weighted by Crippen LogP contribution is -2.23. The van der Waals surface area contributed by atoms with E-state index in [0.29, 0.717) is 27.9 Å². The summed E-state index contributed by atoms with van der Waals surface area (Å²) in [5.74, 6) is -0.758. The van der Waals surface area contributed by atoms with Gasteiger partial charge in [0.1, 0.15) is 0 Å². The maximum Gasteiger partial charge on any atom is 0.238 e. The lowest BCUT2D eigenvalue weighted by molar-refractivity contribution is -0.114. The van der Waals surface area contributed by atoms with E-state index in [-0.39, 0.29) is 24.0 Å². The van der Waals surface area contributed by atoms with Crippen LogP contribution in [0.1, 0.15) is 31.8 Å². The summed E-state index contributed by atoms with van der Waals surface area (Å²) >= 11 is 0. The quantitative estimate of drug-likeness (QED) is 0.741. The molecular formula is C16H12N2O3. The number of carbonyl (C=O) groups is 3. The van der Waals surface area contributed by atoms with Gasteiger partial charge in [0.05, 0.1) is 6.54 Å². The van der Waals surface area contributed by atoms with E-state index in [0.717, 1.165) is 0 Å². The van der Waals surface area contributed by atoms with E-state index in [1.165, 1.54) is 6.07 Å². The largest absolute Gasteiger partial charge is 0.325 e. The second-order valence-electron chi connectivity index (χ2n) is 4.72. The molecule has 0 radical (unpaired) electrons. The summed E-state index contributed by atoms with van der Waals surface area (Å²) in [6, 6.07) is 11.4. The molecule has 2 aromatic carbocycles. The maximum atomic E-state index is 12.5. The summed E-state index contributed by atoms with van der Waals surface area (Å²) in [4.78, 5) is 36.2. The van der Waals surface area contributed by atoms with Crippen LogP contribution in [-0.2, 0) is 4.79 Å². The minimum atomic E-state index is -0.357. The molecule has 0 spiro atoms. The Labute approximate surface area is 120 Å². The fourth-order valence-corrected chi connectivity index (χ4v) is 2.39. The van der Waals surface area contributed by atoms with E-state index in [1.807, 2.05) is 0 Å². The number of nitrogens with one attached hydrogen (secondary N) is 1. The number of rotatable bonds is 2. The molecule has 5 heteroatoms. The topological polar surface area (TPSA) is 89.3 Å². The fourth-order valence-electron chi connectivity index (χ4n) is 2.39. The smallest absolute Gasteiger partial charge is 0.238 e. The van der Waals surface area contributed by atoms with Crippen LogP contribution in [0.3, 0.4) is 0 Å². The molecule has 0 aromatic heterocycles. The third kappa shape index (κ3) is 2.13. The van der Waals surface area contributed by atoms with Crippen molar-refractivity contribution >= 4 is 23.2 Å². The van der Waals surface area contributed by atoms with Gasteiger partial charge in [0.25, 0.3) is 0 Å². The molecule has 1 aliphatic rings. The molecule has 0 aliphatic heterocycles. The average molecular weight is 280 g/mol. The van der Waals surface area contributed by atoms with Crippen molar-refractivity contribution in [3.8, 4) is 0 Å². The third-order valence-corrected chi connectivity index (χ3v) is 3.39. The molecule has 0 saturated carbocycles. The molecule has 1 aliphatic carbocycles. The number of benzene rings is 2. The Bertz CT molecular complexity index is 781. The Balaban J connectivity index is 2.09. The zero-order chi connectivity index (χ0) is 15.0. The number of anilines is 1. The van der Waals surface area contributed by atoms with Crippen LogP contribution in [0.4, 0.5) is 5.69 Å². The molecule has 0 fully saturated rings. The highest BCUT2D eigenvalue weighted by atomic mass is 16.2. The summed E-state index contributed by atoms with van der Waals surface area (Å²) in [7, 11) is 0. The van der Waals surface area contributed by atoms with Crippen molar-refractivity contribution in [3.63, 3.8) is 0 Å². The van der Waals surface area contributed by atoms with Gasteiger partial charge >= 0.3 is 0 Å². The van der Waals surface area contributed by atoms with Gasteiger partial charge in [-0.05, 0) is 18.2 Å². The molecule has 0 saturated heterocycles. The Hall–Kier alpha value is -2.79. The van der Waals surface area contributed by atoms with Gasteiger partial charge in [-0.1, -0.05) is 24.3 Å². The lowest BCUT2D eigenvalue weighted by Gasteiger charge is -2.18. The van der Waals surface area contributed by atoms with Gasteiger partial charge in [-0.25, -0.2) is 0 Å². The van der Waals surface area contributed by atoms with E-state index >= 15 is 0 Å². The molecule has 21 heavy (non-hydrogen) atoms. The van der Waals surface area contributed by atoms with Gasteiger partial charge in [-0.3, -0.25) is 14.4 Å². The van der Waals surface area contributed by atoms with Crippen LogP contribution in [0, 0.1) is 0 Å². The number of fused-ring (bicyclic) bond motifs is 2. The number of amides is 1. The molecule has 0 unspecified atom stereocenters. The highest BCUT2D eigenvalue weighted by Gasteiger charge is 2.29. The summed E-state index contributed by atoms with van der Waals surface area (Å²) in [6.07, 6.45) is 0. The molecule has 104 valence electrons. The van der Waals surface area contributed by atoms with Gasteiger partial charge in [-0.15, -0.1) is 0 Å². The Kier molecular flexibility index (Phi) is 3.12. The number of hydrogen-bond acceptors (Lipinski definition) is 4. The highest BCUT2D eigenvalue weighted by Crippen LogP contribution is 2.28. The van der Waals surface area contributed by atoms with Gasteiger partial charge < -0.3 is 11.1 Å². The maximum absolute atomic E-state index is 12.5. The van der Waals surface area contributed by atoms with Crippen LogP contribution in [0.2, 0.25) is 0 Å². The molecule has 0 heterocycles. The van der Waals surface area contributed by atoms with Crippen molar-refractivity contribution in [2.24, 2.45) is 5.73 Å². The SMILES string of the molecule is NCC(=O)Nc1ccc2c(c1)C(=O)c1ccccc1C2=O. The Morgan fingerprint density at radius 3 is 2.10 bits per heavy atom. The second kappa shape index (κ2) is 4.96. The van der Waals surface area contributed by atoms with Crippen molar-refractivity contribution in [1.82, 2.24) is 0 Å². The van der Waals surface area contributed by atoms with Crippen molar-refractivity contribution in [2.45, 2.75) is 0 Å². The van der Waals surface area contributed by atoms with Crippen molar-refractivity contribution < 1.29 is 14.4 Å². The van der Waals surface area contributed by atoms with E-state index in [4.69, 9.17) is 5.73 Å². The Morgan fingerprint density at radius 1 is 0.905 bits per heavy atom. The zero-order valence-corrected chi connectivity index (χ0v) is 11.1. The van der Waals surface area contributed by atoms with E-state index in [9.17, 15) is 14.4 Å². The summed E-state index contributed by atoms with van der Waals surface area (Å²) in [6.45, 7) is -0.146. The molecule has 2 aromatic rings. The summed E-state index contributed by atoms with van der Waals surface area (Å²) in [5.41, 5.74) is 7.13. The molecule has 3 rings (SSSR count). The molecule has 0 atom stereocenters. The van der Waals surface area contributed by atoms with E-state index < -0.39 is 0 Å². The minimum Gasteiger partial charge on any atom is -0.325 e. The molecule has 5 nitrogen and oxygen atoms in total. The number of nitrogens with two attached hydrogens (primary N) is 1. The molecule has 3 N–H and O–H groups in total. The van der Waals surface area contributed by atoms with Gasteiger partial charge in [0, 0.05) is 27.9 Å². The monoisotopic (exact) mass is 280 g/mol. The summed E-state index contributed by atoms with van der Waals surface area (Å²) in [5, 5.41) is 2.57. The zero-order valence-electron chi connectivity index (χ0n) is 11.1. The van der Waals surface area contributed by atoms with Gasteiger partial charge in [0.2, 0.25) is 5.91 Å². The lowest BCUT2D eigenvalue weighted by atomic mass is 9.84. The van der Waals surface area contributed by atoms with Crippen molar-refractivity contribution in [3.05, 3.63) is 64.7 Å². The number of hydrogen-bond donors (Lipinski definition) is 2. The van der Waals surface area contributed by atoms with E-state index in [1.54, 1.807) is 36.4 Å². The molecule has 0 bridgehead atoms. The van der Waals surface area contributed by atoms with Gasteiger partial charge in [0.15, 0.2) is 11.6 Å². The first-order valence-corrected chi connectivity index (χ1v) is 6.44.